The maximum absolute atomic E-state index is 12.3. The van der Waals surface area contributed by atoms with Crippen LogP contribution in [0.4, 0.5) is 0 Å². The van der Waals surface area contributed by atoms with E-state index in [0.717, 1.165) is 11.1 Å². The Morgan fingerprint density at radius 3 is 2.52 bits per heavy atom. The van der Waals surface area contributed by atoms with Gasteiger partial charge in [-0.15, -0.1) is 0 Å². The Labute approximate surface area is 137 Å². The molecule has 1 fully saturated rings. The van der Waals surface area contributed by atoms with Crippen molar-refractivity contribution in [1.82, 2.24) is 5.32 Å². The fourth-order valence-electron chi connectivity index (χ4n) is 3.14. The first-order valence-electron chi connectivity index (χ1n) is 8.00. The molecule has 1 aliphatic carbocycles. The van der Waals surface area contributed by atoms with Gasteiger partial charge in [-0.25, -0.2) is 0 Å². The average molecular weight is 319 g/mol. The van der Waals surface area contributed by atoms with Crippen molar-refractivity contribution in [3.8, 4) is 0 Å². The molecule has 0 aromatic heterocycles. The highest BCUT2D eigenvalue weighted by molar-refractivity contribution is 5.95. The molecule has 1 aromatic rings. The van der Waals surface area contributed by atoms with Crippen molar-refractivity contribution in [3.63, 3.8) is 0 Å². The molecule has 23 heavy (non-hydrogen) atoms. The van der Waals surface area contributed by atoms with Crippen molar-refractivity contribution < 1.29 is 19.4 Å². The van der Waals surface area contributed by atoms with Gasteiger partial charge < -0.3 is 15.2 Å². The van der Waals surface area contributed by atoms with Crippen LogP contribution in [0.2, 0.25) is 0 Å². The van der Waals surface area contributed by atoms with Gasteiger partial charge in [-0.3, -0.25) is 9.59 Å². The smallest absolute Gasteiger partial charge is 0.308 e. The van der Waals surface area contributed by atoms with Gasteiger partial charge in [-0.2, -0.15) is 0 Å². The van der Waals surface area contributed by atoms with E-state index in [0.29, 0.717) is 31.2 Å². The van der Waals surface area contributed by atoms with Gasteiger partial charge in [0.15, 0.2) is 0 Å². The molecule has 1 aliphatic rings. The molecule has 5 nitrogen and oxygen atoms in total. The van der Waals surface area contributed by atoms with Crippen LogP contribution in [-0.4, -0.2) is 36.2 Å². The van der Waals surface area contributed by atoms with E-state index >= 15 is 0 Å². The van der Waals surface area contributed by atoms with Crippen LogP contribution in [-0.2, 0) is 9.53 Å². The molecule has 1 amide bonds. The first-order chi connectivity index (χ1) is 10.8. The molecule has 0 aliphatic heterocycles. The maximum Gasteiger partial charge on any atom is 0.308 e. The van der Waals surface area contributed by atoms with Crippen LogP contribution < -0.4 is 5.32 Å². The van der Waals surface area contributed by atoms with E-state index in [1.165, 1.54) is 7.11 Å². The summed E-state index contributed by atoms with van der Waals surface area (Å²) in [5, 5.41) is 13.4. The number of amides is 1. The predicted octanol–water partition coefficient (Wildman–Crippen LogP) is 2.13. The molecule has 0 radical (unpaired) electrons. The summed E-state index contributed by atoms with van der Waals surface area (Å²) in [6.07, 6.45) is 2.14. The van der Waals surface area contributed by atoms with Crippen molar-refractivity contribution in [3.05, 3.63) is 34.9 Å². The van der Waals surface area contributed by atoms with Crippen molar-refractivity contribution in [2.45, 2.75) is 45.1 Å². The van der Waals surface area contributed by atoms with Crippen LogP contribution in [0.15, 0.2) is 18.2 Å². The van der Waals surface area contributed by atoms with Gasteiger partial charge >= 0.3 is 5.97 Å². The van der Waals surface area contributed by atoms with Crippen LogP contribution in [0, 0.1) is 19.8 Å². The van der Waals surface area contributed by atoms with E-state index in [2.05, 4.69) is 5.32 Å². The van der Waals surface area contributed by atoms with Crippen molar-refractivity contribution in [1.29, 1.82) is 0 Å². The first-order valence-corrected chi connectivity index (χ1v) is 8.00. The fraction of sp³-hybridized carbons (Fsp3) is 0.556. The lowest BCUT2D eigenvalue weighted by Gasteiger charge is -2.35. The number of carbonyl (C=O) groups excluding carboxylic acids is 2. The molecule has 126 valence electrons. The summed E-state index contributed by atoms with van der Waals surface area (Å²) in [5.41, 5.74) is 1.71. The van der Waals surface area contributed by atoms with Gasteiger partial charge in [0.2, 0.25) is 0 Å². The number of benzene rings is 1. The van der Waals surface area contributed by atoms with Gasteiger partial charge in [-0.05, 0) is 51.2 Å². The van der Waals surface area contributed by atoms with Gasteiger partial charge in [-0.1, -0.05) is 17.7 Å². The molecular weight excluding hydrogens is 294 g/mol. The highest BCUT2D eigenvalue weighted by Crippen LogP contribution is 2.32. The number of hydrogen-bond acceptors (Lipinski definition) is 4. The minimum Gasteiger partial charge on any atom is -0.469 e. The number of esters is 1. The minimum atomic E-state index is -0.946. The summed E-state index contributed by atoms with van der Waals surface area (Å²) in [4.78, 5) is 23.8. The van der Waals surface area contributed by atoms with Crippen LogP contribution in [0.3, 0.4) is 0 Å². The van der Waals surface area contributed by atoms with Crippen LogP contribution >= 0.6 is 0 Å². The molecule has 2 N–H and O–H groups in total. The fourth-order valence-corrected chi connectivity index (χ4v) is 3.14. The SMILES string of the molecule is COC(=O)C1CCC(O)(CNC(=O)c2ccc(C)cc2C)CC1. The van der Waals surface area contributed by atoms with Gasteiger partial charge in [0.25, 0.3) is 5.91 Å². The van der Waals surface area contributed by atoms with Gasteiger partial charge in [0, 0.05) is 12.1 Å². The third kappa shape index (κ3) is 4.32. The number of aliphatic hydroxyl groups is 1. The quantitative estimate of drug-likeness (QED) is 0.834. The molecule has 0 saturated heterocycles. The Bertz CT molecular complexity index is 589. The lowest BCUT2D eigenvalue weighted by Crippen LogP contribution is -2.46. The molecule has 0 spiro atoms. The normalized spacial score (nSPS) is 24.1. The van der Waals surface area contributed by atoms with Crippen LogP contribution in [0.1, 0.15) is 47.2 Å². The van der Waals surface area contributed by atoms with Crippen molar-refractivity contribution in [2.75, 3.05) is 13.7 Å². The number of aryl methyl sites for hydroxylation is 2. The third-order valence-corrected chi connectivity index (χ3v) is 4.66. The summed E-state index contributed by atoms with van der Waals surface area (Å²) in [5.74, 6) is -0.535. The molecule has 0 bridgehead atoms. The number of ether oxygens (including phenoxy) is 1. The largest absolute Gasteiger partial charge is 0.469 e. The van der Waals surface area contributed by atoms with E-state index in [1.807, 2.05) is 26.0 Å². The van der Waals surface area contributed by atoms with Crippen LogP contribution in [0.25, 0.3) is 0 Å². The second-order valence-electron chi connectivity index (χ2n) is 6.52. The van der Waals surface area contributed by atoms with Crippen LogP contribution in [0.5, 0.6) is 0 Å². The van der Waals surface area contributed by atoms with Gasteiger partial charge in [0.05, 0.1) is 18.6 Å². The topological polar surface area (TPSA) is 75.6 Å². The number of hydrogen-bond donors (Lipinski definition) is 2. The molecule has 0 heterocycles. The highest BCUT2D eigenvalue weighted by atomic mass is 16.5. The average Bonchev–Trinajstić information content (AvgIpc) is 2.53. The number of carbonyl (C=O) groups is 2. The molecule has 1 aromatic carbocycles. The van der Waals surface area contributed by atoms with E-state index in [4.69, 9.17) is 4.74 Å². The Balaban J connectivity index is 1.90. The Hall–Kier alpha value is -1.88. The lowest BCUT2D eigenvalue weighted by molar-refractivity contribution is -0.148. The second-order valence-corrected chi connectivity index (χ2v) is 6.52. The molecule has 5 heteroatoms. The second kappa shape index (κ2) is 7.13. The number of rotatable bonds is 4. The monoisotopic (exact) mass is 319 g/mol. The van der Waals surface area contributed by atoms with E-state index in [-0.39, 0.29) is 24.3 Å². The molecule has 0 atom stereocenters. The molecule has 0 unspecified atom stereocenters. The molecule has 2 rings (SSSR count). The summed E-state index contributed by atoms with van der Waals surface area (Å²) in [7, 11) is 1.38. The summed E-state index contributed by atoms with van der Waals surface area (Å²) >= 11 is 0. The van der Waals surface area contributed by atoms with E-state index in [1.54, 1.807) is 6.07 Å². The lowest BCUT2D eigenvalue weighted by atomic mass is 9.78. The van der Waals surface area contributed by atoms with E-state index < -0.39 is 5.60 Å². The zero-order valence-corrected chi connectivity index (χ0v) is 14.0. The maximum atomic E-state index is 12.3. The van der Waals surface area contributed by atoms with Gasteiger partial charge in [0.1, 0.15) is 0 Å². The van der Waals surface area contributed by atoms with E-state index in [9.17, 15) is 14.7 Å². The summed E-state index contributed by atoms with van der Waals surface area (Å²) < 4.78 is 4.75. The summed E-state index contributed by atoms with van der Waals surface area (Å²) in [6.45, 7) is 4.09. The first kappa shape index (κ1) is 17.5. The third-order valence-electron chi connectivity index (χ3n) is 4.66. The van der Waals surface area contributed by atoms with Crippen molar-refractivity contribution >= 4 is 11.9 Å². The number of methoxy groups -OCH3 is 1. The highest BCUT2D eigenvalue weighted by Gasteiger charge is 2.36. The molecular formula is C18H25NO4. The molecule has 1 saturated carbocycles. The Kier molecular flexibility index (Phi) is 5.42. The predicted molar refractivity (Wildman–Crippen MR) is 87.2 cm³/mol. The Morgan fingerprint density at radius 2 is 1.96 bits per heavy atom. The Morgan fingerprint density at radius 1 is 1.30 bits per heavy atom. The standard InChI is InChI=1S/C18H25NO4/c1-12-4-5-15(13(2)10-12)16(20)19-11-18(22)8-6-14(7-9-18)17(21)23-3/h4-5,10,14,22H,6-9,11H2,1-3H3,(H,19,20). The minimum absolute atomic E-state index is 0.143. The number of nitrogens with one attached hydrogen (secondary N) is 1. The summed E-state index contributed by atoms with van der Waals surface area (Å²) in [6, 6.07) is 5.67. The zero-order valence-electron chi connectivity index (χ0n) is 14.0. The van der Waals surface area contributed by atoms with Crippen molar-refractivity contribution in [2.24, 2.45) is 5.92 Å². The zero-order chi connectivity index (χ0) is 17.0.